The third kappa shape index (κ3) is 2.56. The molecule has 27 heavy (non-hydrogen) atoms. The summed E-state index contributed by atoms with van der Waals surface area (Å²) in [4.78, 5) is 25.3. The predicted octanol–water partition coefficient (Wildman–Crippen LogP) is 3.50. The van der Waals surface area contributed by atoms with E-state index in [0.29, 0.717) is 23.3 Å². The van der Waals surface area contributed by atoms with E-state index in [1.807, 2.05) is 18.2 Å². The fourth-order valence-electron chi connectivity index (χ4n) is 5.06. The van der Waals surface area contributed by atoms with Gasteiger partial charge in [-0.05, 0) is 37.0 Å². The molecule has 1 amide bonds. The summed E-state index contributed by atoms with van der Waals surface area (Å²) in [5.41, 5.74) is 0.549. The van der Waals surface area contributed by atoms with Crippen LogP contribution < -0.4 is 10.1 Å². The summed E-state index contributed by atoms with van der Waals surface area (Å²) in [7, 11) is 0. The van der Waals surface area contributed by atoms with Crippen LogP contribution in [-0.2, 0) is 11.3 Å². The molecule has 0 aromatic heterocycles. The van der Waals surface area contributed by atoms with Crippen molar-refractivity contribution in [1.82, 2.24) is 5.32 Å². The predicted molar refractivity (Wildman–Crippen MR) is 96.7 cm³/mol. The topological polar surface area (TPSA) is 55.4 Å². The highest BCUT2D eigenvalue weighted by Gasteiger charge is 2.70. The molecule has 2 fully saturated rings. The minimum absolute atomic E-state index is 0.0652. The third-order valence-corrected chi connectivity index (χ3v) is 6.35. The number of halogens is 1. The molecule has 0 unspecified atom stereocenters. The van der Waals surface area contributed by atoms with Crippen LogP contribution in [0.2, 0.25) is 0 Å². The van der Waals surface area contributed by atoms with Crippen LogP contribution in [0.15, 0.2) is 48.5 Å². The van der Waals surface area contributed by atoms with Crippen LogP contribution in [0.1, 0.15) is 35.2 Å². The average molecular weight is 365 g/mol. The number of ketones is 1. The molecule has 2 aromatic carbocycles. The summed E-state index contributed by atoms with van der Waals surface area (Å²) in [6.45, 7) is 0.178. The second-order valence-electron chi connectivity index (χ2n) is 7.83. The van der Waals surface area contributed by atoms with E-state index in [-0.39, 0.29) is 41.8 Å². The number of rotatable bonds is 3. The van der Waals surface area contributed by atoms with Crippen LogP contribution in [0.3, 0.4) is 0 Å². The number of ether oxygens (including phenoxy) is 1. The van der Waals surface area contributed by atoms with Gasteiger partial charge in [-0.2, -0.15) is 0 Å². The minimum Gasteiger partial charge on any atom is -0.486 e. The number of hydrogen-bond donors (Lipinski definition) is 1. The Balaban J connectivity index is 1.31. The molecule has 138 valence electrons. The van der Waals surface area contributed by atoms with Crippen LogP contribution in [-0.4, -0.2) is 17.3 Å². The second-order valence-corrected chi connectivity index (χ2v) is 7.83. The molecule has 0 radical (unpaired) electrons. The lowest BCUT2D eigenvalue weighted by atomic mass is 9.84. The highest BCUT2D eigenvalue weighted by Crippen LogP contribution is 2.65. The SMILES string of the molecule is O=C1C[C@@]2(CC[C@@H]3[C@@H](C(=O)NCc4ccccc4F)[C@H]32)Oc2ccccc21. The van der Waals surface area contributed by atoms with Gasteiger partial charge in [0.05, 0.1) is 12.0 Å². The van der Waals surface area contributed by atoms with Crippen LogP contribution in [0.25, 0.3) is 0 Å². The fraction of sp³-hybridized carbons (Fsp3) is 0.364. The highest BCUT2D eigenvalue weighted by molar-refractivity contribution is 6.00. The Labute approximate surface area is 156 Å². The molecular weight excluding hydrogens is 345 g/mol. The van der Waals surface area contributed by atoms with Gasteiger partial charge in [-0.25, -0.2) is 4.39 Å². The smallest absolute Gasteiger partial charge is 0.224 e. The zero-order valence-corrected chi connectivity index (χ0v) is 14.8. The summed E-state index contributed by atoms with van der Waals surface area (Å²) in [5, 5.41) is 2.86. The molecule has 2 aliphatic carbocycles. The molecule has 1 N–H and O–H groups in total. The van der Waals surface area contributed by atoms with E-state index in [9.17, 15) is 14.0 Å². The van der Waals surface area contributed by atoms with E-state index >= 15 is 0 Å². The monoisotopic (exact) mass is 365 g/mol. The summed E-state index contributed by atoms with van der Waals surface area (Å²) in [6.07, 6.45) is 2.03. The van der Waals surface area contributed by atoms with Crippen LogP contribution in [0.5, 0.6) is 5.75 Å². The highest BCUT2D eigenvalue weighted by atomic mass is 19.1. The van der Waals surface area contributed by atoms with Gasteiger partial charge in [-0.15, -0.1) is 0 Å². The molecule has 2 aromatic rings. The summed E-state index contributed by atoms with van der Waals surface area (Å²) >= 11 is 0. The van der Waals surface area contributed by atoms with Crippen molar-refractivity contribution in [2.45, 2.75) is 31.4 Å². The first-order valence-corrected chi connectivity index (χ1v) is 9.41. The molecular formula is C22H20FNO3. The van der Waals surface area contributed by atoms with Gasteiger partial charge in [-0.1, -0.05) is 30.3 Å². The van der Waals surface area contributed by atoms with Gasteiger partial charge in [0.2, 0.25) is 5.91 Å². The van der Waals surface area contributed by atoms with E-state index in [1.54, 1.807) is 24.3 Å². The number of para-hydroxylation sites is 1. The normalized spacial score (nSPS) is 30.4. The van der Waals surface area contributed by atoms with Crippen molar-refractivity contribution in [3.8, 4) is 5.75 Å². The zero-order valence-electron chi connectivity index (χ0n) is 14.8. The molecule has 1 heterocycles. The molecule has 1 spiro atoms. The van der Waals surface area contributed by atoms with E-state index < -0.39 is 5.60 Å². The fourth-order valence-corrected chi connectivity index (χ4v) is 5.06. The van der Waals surface area contributed by atoms with Crippen molar-refractivity contribution in [2.75, 3.05) is 0 Å². The van der Waals surface area contributed by atoms with Crippen molar-refractivity contribution in [3.05, 3.63) is 65.5 Å². The molecule has 2 saturated carbocycles. The lowest BCUT2D eigenvalue weighted by Gasteiger charge is -2.37. The molecule has 1 aliphatic heterocycles. The van der Waals surface area contributed by atoms with Gasteiger partial charge in [0.1, 0.15) is 17.2 Å². The summed E-state index contributed by atoms with van der Waals surface area (Å²) in [6, 6.07) is 13.8. The van der Waals surface area contributed by atoms with Gasteiger partial charge < -0.3 is 10.1 Å². The molecule has 0 saturated heterocycles. The maximum Gasteiger partial charge on any atom is 0.224 e. The van der Waals surface area contributed by atoms with Crippen LogP contribution >= 0.6 is 0 Å². The Morgan fingerprint density at radius 3 is 2.81 bits per heavy atom. The van der Waals surface area contributed by atoms with Gasteiger partial charge in [0.15, 0.2) is 5.78 Å². The third-order valence-electron chi connectivity index (χ3n) is 6.35. The Morgan fingerprint density at radius 2 is 1.96 bits per heavy atom. The number of carbonyl (C=O) groups excluding carboxylic acids is 2. The number of hydrogen-bond acceptors (Lipinski definition) is 3. The minimum atomic E-state index is -0.559. The Kier molecular flexibility index (Phi) is 3.61. The average Bonchev–Trinajstić information content (AvgIpc) is 3.32. The lowest BCUT2D eigenvalue weighted by Crippen LogP contribution is -2.44. The van der Waals surface area contributed by atoms with Crippen molar-refractivity contribution in [2.24, 2.45) is 17.8 Å². The summed E-state index contributed by atoms with van der Waals surface area (Å²) in [5.74, 6) is 0.509. The molecule has 5 heteroatoms. The number of nitrogens with one attached hydrogen (secondary N) is 1. The van der Waals surface area contributed by atoms with Gasteiger partial charge in [-0.3, -0.25) is 9.59 Å². The Hall–Kier alpha value is -2.69. The van der Waals surface area contributed by atoms with Crippen molar-refractivity contribution >= 4 is 11.7 Å². The van der Waals surface area contributed by atoms with E-state index in [1.165, 1.54) is 6.07 Å². The number of amides is 1. The Bertz CT molecular complexity index is 943. The van der Waals surface area contributed by atoms with E-state index in [4.69, 9.17) is 4.74 Å². The molecule has 4 nitrogen and oxygen atoms in total. The molecule has 3 aliphatic rings. The van der Waals surface area contributed by atoms with Gasteiger partial charge in [0.25, 0.3) is 0 Å². The van der Waals surface area contributed by atoms with Crippen LogP contribution in [0, 0.1) is 23.6 Å². The molecule has 5 rings (SSSR count). The largest absolute Gasteiger partial charge is 0.486 e. The lowest BCUT2D eigenvalue weighted by molar-refractivity contribution is -0.124. The van der Waals surface area contributed by atoms with E-state index in [2.05, 4.69) is 5.32 Å². The van der Waals surface area contributed by atoms with E-state index in [0.717, 1.165) is 12.8 Å². The Morgan fingerprint density at radius 1 is 1.19 bits per heavy atom. The van der Waals surface area contributed by atoms with Gasteiger partial charge in [0, 0.05) is 23.9 Å². The molecule has 4 atom stereocenters. The second kappa shape index (κ2) is 5.91. The maximum atomic E-state index is 13.7. The van der Waals surface area contributed by atoms with Crippen LogP contribution in [0.4, 0.5) is 4.39 Å². The number of carbonyl (C=O) groups is 2. The first kappa shape index (κ1) is 16.5. The van der Waals surface area contributed by atoms with Gasteiger partial charge >= 0.3 is 0 Å². The number of benzene rings is 2. The maximum absolute atomic E-state index is 13.7. The number of fused-ring (bicyclic) bond motifs is 3. The first-order chi connectivity index (χ1) is 13.1. The summed E-state index contributed by atoms with van der Waals surface area (Å²) < 4.78 is 20.1. The quantitative estimate of drug-likeness (QED) is 0.906. The zero-order chi connectivity index (χ0) is 18.6. The van der Waals surface area contributed by atoms with Crippen molar-refractivity contribution in [1.29, 1.82) is 0 Å². The first-order valence-electron chi connectivity index (χ1n) is 9.41. The van der Waals surface area contributed by atoms with Crippen molar-refractivity contribution < 1.29 is 18.7 Å². The molecule has 0 bridgehead atoms. The number of Topliss-reactive ketones (excluding diaryl/α,β-unsaturated/α-hetero) is 1. The van der Waals surface area contributed by atoms with Crippen molar-refractivity contribution in [3.63, 3.8) is 0 Å². The standard InChI is InChI=1S/C22H20FNO3/c23-16-7-3-1-5-13(16)12-24-21(26)19-15-9-10-22(20(15)19)11-17(25)14-6-2-4-8-18(14)27-22/h1-8,15,19-20H,9-12H2,(H,24,26)/t15-,19-,20+,22-/m1/s1.